The number of nitrogens with two attached hydrogens (primary N) is 1. The lowest BCUT2D eigenvalue weighted by Gasteiger charge is -2.25. The largest absolute Gasteiger partial charge is 0.481 e. The molecule has 0 fully saturated rings. The second-order valence-corrected chi connectivity index (χ2v) is 3.66. The van der Waals surface area contributed by atoms with E-state index in [2.05, 4.69) is 4.98 Å². The zero-order valence-corrected chi connectivity index (χ0v) is 9.05. The molecular weight excluding hydrogens is 226 g/mol. The molecule has 0 aliphatic rings. The van der Waals surface area contributed by atoms with Crippen LogP contribution in [0.1, 0.15) is 12.5 Å². The molecule has 0 bridgehead atoms. The first kappa shape index (κ1) is 12.1. The van der Waals surface area contributed by atoms with Crippen molar-refractivity contribution in [3.05, 3.63) is 22.8 Å². The van der Waals surface area contributed by atoms with Crippen molar-refractivity contribution >= 4 is 11.6 Å². The van der Waals surface area contributed by atoms with Crippen LogP contribution in [0, 0.1) is 0 Å². The predicted molar refractivity (Wildman–Crippen MR) is 53.3 cm³/mol. The van der Waals surface area contributed by atoms with Crippen molar-refractivity contribution in [1.82, 2.24) is 4.98 Å². The van der Waals surface area contributed by atoms with Crippen LogP contribution in [-0.2, 0) is 5.54 Å². The summed E-state index contributed by atoms with van der Waals surface area (Å²) in [4.78, 5) is 3.77. The van der Waals surface area contributed by atoms with Gasteiger partial charge in [-0.15, -0.1) is 0 Å². The predicted octanol–water partition coefficient (Wildman–Crippen LogP) is 2.18. The number of ether oxygens (including phenoxy) is 1. The number of hydrogen-bond acceptors (Lipinski definition) is 3. The molecule has 0 saturated carbocycles. The average molecular weight is 237 g/mol. The van der Waals surface area contributed by atoms with Crippen LogP contribution in [0.15, 0.2) is 12.1 Å². The maximum atomic E-state index is 12.7. The molecule has 2 N–H and O–H groups in total. The Morgan fingerprint density at radius 1 is 1.53 bits per heavy atom. The zero-order valence-electron chi connectivity index (χ0n) is 8.30. The molecular formula is C9H11ClF2N2O. The molecule has 0 saturated heterocycles. The second-order valence-electron chi connectivity index (χ2n) is 3.27. The molecule has 1 aromatic heterocycles. The van der Waals surface area contributed by atoms with Gasteiger partial charge in [-0.2, -0.15) is 0 Å². The van der Waals surface area contributed by atoms with Crippen LogP contribution in [0.5, 0.6) is 5.88 Å². The first-order chi connectivity index (χ1) is 6.89. The lowest BCUT2D eigenvalue weighted by molar-refractivity contribution is 0.0607. The number of rotatable bonds is 3. The summed E-state index contributed by atoms with van der Waals surface area (Å²) < 4.78 is 30.2. The van der Waals surface area contributed by atoms with Crippen LogP contribution in [0.4, 0.5) is 8.78 Å². The molecule has 0 radical (unpaired) electrons. The van der Waals surface area contributed by atoms with Gasteiger partial charge in [0.25, 0.3) is 6.43 Å². The SMILES string of the molecule is COc1nc(Cl)ccc1C(C)(N)C(F)F. The number of methoxy groups -OCH3 is 1. The van der Waals surface area contributed by atoms with Crippen molar-refractivity contribution < 1.29 is 13.5 Å². The minimum Gasteiger partial charge on any atom is -0.481 e. The van der Waals surface area contributed by atoms with Crippen molar-refractivity contribution in [2.75, 3.05) is 7.11 Å². The van der Waals surface area contributed by atoms with E-state index in [0.29, 0.717) is 0 Å². The smallest absolute Gasteiger partial charge is 0.260 e. The lowest BCUT2D eigenvalue weighted by Crippen LogP contribution is -2.41. The molecule has 1 rings (SSSR count). The van der Waals surface area contributed by atoms with E-state index in [1.165, 1.54) is 26.2 Å². The third-order valence-electron chi connectivity index (χ3n) is 2.05. The van der Waals surface area contributed by atoms with Crippen molar-refractivity contribution in [2.45, 2.75) is 18.9 Å². The van der Waals surface area contributed by atoms with Crippen LogP contribution in [0.3, 0.4) is 0 Å². The standard InChI is InChI=1S/C9H11ClF2N2O/c1-9(13,8(11)12)5-3-4-6(10)14-7(5)15-2/h3-4,8H,13H2,1-2H3. The summed E-state index contributed by atoms with van der Waals surface area (Å²) in [7, 11) is 1.32. The Morgan fingerprint density at radius 2 is 2.13 bits per heavy atom. The Kier molecular flexibility index (Phi) is 3.46. The van der Waals surface area contributed by atoms with E-state index < -0.39 is 12.0 Å². The van der Waals surface area contributed by atoms with E-state index in [4.69, 9.17) is 22.1 Å². The Bertz CT molecular complexity index is 358. The van der Waals surface area contributed by atoms with Gasteiger partial charge < -0.3 is 10.5 Å². The first-order valence-electron chi connectivity index (χ1n) is 4.17. The molecule has 3 nitrogen and oxygen atoms in total. The van der Waals surface area contributed by atoms with E-state index >= 15 is 0 Å². The quantitative estimate of drug-likeness (QED) is 0.819. The molecule has 0 spiro atoms. The normalized spacial score (nSPS) is 15.1. The van der Waals surface area contributed by atoms with Crippen LogP contribution in [0.2, 0.25) is 5.15 Å². The third-order valence-corrected chi connectivity index (χ3v) is 2.26. The fourth-order valence-electron chi connectivity index (χ4n) is 1.10. The summed E-state index contributed by atoms with van der Waals surface area (Å²) in [5.74, 6) is 0.0211. The molecule has 6 heteroatoms. The van der Waals surface area contributed by atoms with Crippen LogP contribution >= 0.6 is 11.6 Å². The average Bonchev–Trinajstić information content (AvgIpc) is 2.16. The molecule has 15 heavy (non-hydrogen) atoms. The monoisotopic (exact) mass is 236 g/mol. The van der Waals surface area contributed by atoms with Crippen molar-refractivity contribution in [2.24, 2.45) is 5.73 Å². The van der Waals surface area contributed by atoms with Crippen molar-refractivity contribution in [3.63, 3.8) is 0 Å². The third kappa shape index (κ3) is 2.35. The van der Waals surface area contributed by atoms with E-state index in [0.717, 1.165) is 0 Å². The van der Waals surface area contributed by atoms with Crippen molar-refractivity contribution in [3.8, 4) is 5.88 Å². The summed E-state index contributed by atoms with van der Waals surface area (Å²) in [6, 6.07) is 2.78. The van der Waals surface area contributed by atoms with Crippen LogP contribution in [-0.4, -0.2) is 18.5 Å². The van der Waals surface area contributed by atoms with E-state index in [9.17, 15) is 8.78 Å². The molecule has 0 aliphatic heterocycles. The topological polar surface area (TPSA) is 48.1 Å². The lowest BCUT2D eigenvalue weighted by atomic mass is 9.95. The fourth-order valence-corrected chi connectivity index (χ4v) is 1.24. The maximum absolute atomic E-state index is 12.7. The number of pyridine rings is 1. The van der Waals surface area contributed by atoms with E-state index in [-0.39, 0.29) is 16.6 Å². The molecule has 1 atom stereocenters. The molecule has 84 valence electrons. The summed E-state index contributed by atoms with van der Waals surface area (Å²) in [5, 5.41) is 0.167. The second kappa shape index (κ2) is 4.28. The van der Waals surface area contributed by atoms with Gasteiger partial charge in [-0.1, -0.05) is 11.6 Å². The van der Waals surface area contributed by atoms with E-state index in [1.807, 2.05) is 0 Å². The minimum absolute atomic E-state index is 0.0211. The van der Waals surface area contributed by atoms with E-state index in [1.54, 1.807) is 0 Å². The number of alkyl halides is 2. The summed E-state index contributed by atoms with van der Waals surface area (Å²) in [6.45, 7) is 1.21. The van der Waals surface area contributed by atoms with Gasteiger partial charge >= 0.3 is 0 Å². The molecule has 0 amide bonds. The van der Waals surface area contributed by atoms with Gasteiger partial charge in [0, 0.05) is 5.56 Å². The number of nitrogens with zero attached hydrogens (tertiary/aromatic N) is 1. The van der Waals surface area contributed by atoms with Gasteiger partial charge in [0.2, 0.25) is 5.88 Å². The molecule has 0 aliphatic carbocycles. The highest BCUT2D eigenvalue weighted by atomic mass is 35.5. The van der Waals surface area contributed by atoms with Crippen LogP contribution in [0.25, 0.3) is 0 Å². The molecule has 1 heterocycles. The van der Waals surface area contributed by atoms with Crippen LogP contribution < -0.4 is 10.5 Å². The number of aromatic nitrogens is 1. The van der Waals surface area contributed by atoms with Crippen molar-refractivity contribution in [1.29, 1.82) is 0 Å². The summed E-state index contributed by atoms with van der Waals surface area (Å²) in [6.07, 6.45) is -2.71. The molecule has 0 aromatic carbocycles. The fraction of sp³-hybridized carbons (Fsp3) is 0.444. The Hall–Kier alpha value is -0.940. The number of halogens is 3. The Morgan fingerprint density at radius 3 is 2.60 bits per heavy atom. The number of hydrogen-bond donors (Lipinski definition) is 1. The summed E-state index contributed by atoms with van der Waals surface area (Å²) >= 11 is 5.61. The highest BCUT2D eigenvalue weighted by molar-refractivity contribution is 6.29. The maximum Gasteiger partial charge on any atom is 0.260 e. The van der Waals surface area contributed by atoms with Gasteiger partial charge in [0.1, 0.15) is 10.7 Å². The van der Waals surface area contributed by atoms with Gasteiger partial charge in [-0.05, 0) is 19.1 Å². The van der Waals surface area contributed by atoms with Gasteiger partial charge in [0.05, 0.1) is 7.11 Å². The Balaban J connectivity index is 3.24. The molecule has 1 unspecified atom stereocenters. The van der Waals surface area contributed by atoms with Gasteiger partial charge in [0.15, 0.2) is 0 Å². The highest BCUT2D eigenvalue weighted by Gasteiger charge is 2.35. The first-order valence-corrected chi connectivity index (χ1v) is 4.55. The summed E-state index contributed by atoms with van der Waals surface area (Å²) in [5.41, 5.74) is 3.82. The van der Waals surface area contributed by atoms with Gasteiger partial charge in [-0.3, -0.25) is 0 Å². The highest BCUT2D eigenvalue weighted by Crippen LogP contribution is 2.32. The minimum atomic E-state index is -2.71. The Labute approximate surface area is 91.2 Å². The van der Waals surface area contributed by atoms with Gasteiger partial charge in [-0.25, -0.2) is 13.8 Å². The molecule has 1 aromatic rings. The zero-order chi connectivity index (χ0) is 11.6.